The quantitative estimate of drug-likeness (QED) is 0.151. The van der Waals surface area contributed by atoms with E-state index in [1.165, 1.54) is 77.5 Å². The Labute approximate surface area is 332 Å². The summed E-state index contributed by atoms with van der Waals surface area (Å²) < 4.78 is 0. The minimum absolute atomic E-state index is 0.131. The first-order valence-corrected chi connectivity index (χ1v) is 20.2. The average Bonchev–Trinajstić information content (AvgIpc) is 3.46. The van der Waals surface area contributed by atoms with E-state index < -0.39 is 0 Å². The van der Waals surface area contributed by atoms with Crippen LogP contribution in [0.15, 0.2) is 176 Å². The van der Waals surface area contributed by atoms with Crippen LogP contribution in [0.4, 0.5) is 17.1 Å². The predicted molar refractivity (Wildman–Crippen MR) is 241 cm³/mol. The molecule has 0 bridgehead atoms. The van der Waals surface area contributed by atoms with Gasteiger partial charge >= 0.3 is 0 Å². The van der Waals surface area contributed by atoms with Gasteiger partial charge in [0.25, 0.3) is 0 Å². The Hall–Kier alpha value is -6.18. The molecule has 0 aliphatic heterocycles. The summed E-state index contributed by atoms with van der Waals surface area (Å²) in [7, 11) is 0. The van der Waals surface area contributed by atoms with Crippen LogP contribution >= 0.6 is 0 Å². The molecule has 0 spiro atoms. The highest BCUT2D eigenvalue weighted by Crippen LogP contribution is 2.53. The Morgan fingerprint density at radius 1 is 0.411 bits per heavy atom. The lowest BCUT2D eigenvalue weighted by molar-refractivity contribution is 0.659. The van der Waals surface area contributed by atoms with E-state index in [-0.39, 0.29) is 5.41 Å². The first-order valence-electron chi connectivity index (χ1n) is 20.2. The van der Waals surface area contributed by atoms with Gasteiger partial charge in [0.15, 0.2) is 0 Å². The molecule has 0 unspecified atom stereocenters. The third kappa shape index (κ3) is 5.94. The Balaban J connectivity index is 1.27. The molecule has 0 fully saturated rings. The molecule has 8 aromatic carbocycles. The predicted octanol–water partition coefficient (Wildman–Crippen LogP) is 15.9. The van der Waals surface area contributed by atoms with Crippen LogP contribution in [-0.4, -0.2) is 0 Å². The minimum Gasteiger partial charge on any atom is -0.310 e. The van der Waals surface area contributed by atoms with Crippen LogP contribution in [0.2, 0.25) is 0 Å². The van der Waals surface area contributed by atoms with Gasteiger partial charge in [-0.05, 0) is 114 Å². The summed E-state index contributed by atoms with van der Waals surface area (Å²) in [5, 5.41) is 2.55. The van der Waals surface area contributed by atoms with Gasteiger partial charge in [0.05, 0.1) is 5.69 Å². The van der Waals surface area contributed by atoms with E-state index in [0.717, 1.165) is 17.1 Å². The topological polar surface area (TPSA) is 3.24 Å². The van der Waals surface area contributed by atoms with Crippen molar-refractivity contribution in [1.82, 2.24) is 0 Å². The van der Waals surface area contributed by atoms with Gasteiger partial charge in [-0.25, -0.2) is 0 Å². The highest BCUT2D eigenvalue weighted by Gasteiger charge is 2.37. The first-order chi connectivity index (χ1) is 27.2. The van der Waals surface area contributed by atoms with Crippen molar-refractivity contribution in [1.29, 1.82) is 0 Å². The van der Waals surface area contributed by atoms with Crippen molar-refractivity contribution >= 4 is 27.8 Å². The molecule has 0 amide bonds. The second-order valence-electron chi connectivity index (χ2n) is 16.5. The minimum atomic E-state index is -0.131. The second kappa shape index (κ2) is 14.2. The summed E-state index contributed by atoms with van der Waals surface area (Å²) in [6.07, 6.45) is 0. The van der Waals surface area contributed by atoms with Crippen molar-refractivity contribution in [2.75, 3.05) is 4.90 Å². The van der Waals surface area contributed by atoms with Crippen molar-refractivity contribution in [2.24, 2.45) is 0 Å². The van der Waals surface area contributed by atoms with Crippen molar-refractivity contribution in [3.05, 3.63) is 198 Å². The molecule has 274 valence electrons. The summed E-state index contributed by atoms with van der Waals surface area (Å²) in [6, 6.07) is 65.3. The summed E-state index contributed by atoms with van der Waals surface area (Å²) >= 11 is 0. The summed E-state index contributed by atoms with van der Waals surface area (Å²) in [5.74, 6) is 0.734. The van der Waals surface area contributed by atoms with Gasteiger partial charge in [-0.15, -0.1) is 0 Å². The first kappa shape index (κ1) is 35.5. The van der Waals surface area contributed by atoms with Gasteiger partial charge in [0.2, 0.25) is 0 Å². The number of fused-ring (bicyclic) bond motifs is 4. The smallest absolute Gasteiger partial charge is 0.0540 e. The highest BCUT2D eigenvalue weighted by atomic mass is 15.1. The molecule has 0 heterocycles. The molecule has 56 heavy (non-hydrogen) atoms. The maximum atomic E-state index is 2.50. The molecule has 1 nitrogen and oxygen atoms in total. The van der Waals surface area contributed by atoms with Crippen LogP contribution < -0.4 is 4.90 Å². The molecule has 0 saturated heterocycles. The summed E-state index contributed by atoms with van der Waals surface area (Å²) in [4.78, 5) is 2.50. The van der Waals surface area contributed by atoms with Gasteiger partial charge in [-0.1, -0.05) is 187 Å². The van der Waals surface area contributed by atoms with Crippen molar-refractivity contribution in [3.63, 3.8) is 0 Å². The summed E-state index contributed by atoms with van der Waals surface area (Å²) in [6.45, 7) is 14.1. The molecular weight excluding hydrogens is 675 g/mol. The van der Waals surface area contributed by atoms with E-state index >= 15 is 0 Å². The third-order valence-corrected chi connectivity index (χ3v) is 12.0. The van der Waals surface area contributed by atoms with Gasteiger partial charge in [0.1, 0.15) is 0 Å². The Morgan fingerprint density at radius 2 is 0.964 bits per heavy atom. The number of hydrogen-bond donors (Lipinski definition) is 0. The zero-order chi connectivity index (χ0) is 38.6. The number of rotatable bonds is 8. The maximum absolute atomic E-state index is 2.50. The molecule has 1 heteroatoms. The fourth-order valence-corrected chi connectivity index (χ4v) is 9.22. The average molecular weight is 724 g/mol. The maximum Gasteiger partial charge on any atom is 0.0540 e. The van der Waals surface area contributed by atoms with Crippen molar-refractivity contribution in [2.45, 2.75) is 58.8 Å². The van der Waals surface area contributed by atoms with Crippen LogP contribution in [0, 0.1) is 0 Å². The van der Waals surface area contributed by atoms with Gasteiger partial charge in [0, 0.05) is 22.4 Å². The Bertz CT molecular complexity index is 2710. The van der Waals surface area contributed by atoms with Crippen LogP contribution in [-0.2, 0) is 5.41 Å². The van der Waals surface area contributed by atoms with Crippen LogP contribution in [0.5, 0.6) is 0 Å². The van der Waals surface area contributed by atoms with Crippen LogP contribution in [0.3, 0.4) is 0 Å². The largest absolute Gasteiger partial charge is 0.310 e. The lowest BCUT2D eigenvalue weighted by Gasteiger charge is -2.31. The lowest BCUT2D eigenvalue weighted by atomic mass is 9.81. The normalized spacial score (nSPS) is 12.9. The number of nitrogens with zero attached hydrogens (tertiary/aromatic N) is 1. The van der Waals surface area contributed by atoms with E-state index in [4.69, 9.17) is 0 Å². The molecule has 8 aromatic rings. The number of anilines is 3. The number of para-hydroxylation sites is 1. The summed E-state index contributed by atoms with van der Waals surface area (Å²) in [5.41, 5.74) is 19.1. The Morgan fingerprint density at radius 3 is 1.64 bits per heavy atom. The van der Waals surface area contributed by atoms with Crippen molar-refractivity contribution < 1.29 is 0 Å². The van der Waals surface area contributed by atoms with E-state index in [1.807, 2.05) is 0 Å². The standard InChI is InChI=1S/C55H49N/c1-36(2)43-25-17-28-50-54(43)48-33-31-42(35-51(48)55(50,5)6)56(52-29-14-13-24-44(52)38-18-9-7-10-19-38)41-30-32-46(49(34-41)37(3)4)47-27-16-23-40-22-15-26-45(53(40)47)39-20-11-8-12-21-39/h7-37H,1-6H3. The SMILES string of the molecule is CC(C)c1cc(N(c2ccc3c(c2)C(C)(C)c2cccc(C(C)C)c2-3)c2ccccc2-c2ccccc2)ccc1-c1cccc2cccc(-c3ccccc3)c12. The molecule has 1 aliphatic carbocycles. The highest BCUT2D eigenvalue weighted by molar-refractivity contribution is 6.07. The molecule has 1 aliphatic rings. The fraction of sp³-hybridized carbons (Fsp3) is 0.164. The molecule has 0 radical (unpaired) electrons. The van der Waals surface area contributed by atoms with E-state index in [9.17, 15) is 0 Å². The molecule has 0 N–H and O–H groups in total. The van der Waals surface area contributed by atoms with E-state index in [2.05, 4.69) is 222 Å². The molecule has 9 rings (SSSR count). The lowest BCUT2D eigenvalue weighted by Crippen LogP contribution is -2.17. The molecular formula is C55H49N. The fourth-order valence-electron chi connectivity index (χ4n) is 9.22. The van der Waals surface area contributed by atoms with Crippen molar-refractivity contribution in [3.8, 4) is 44.5 Å². The van der Waals surface area contributed by atoms with Crippen LogP contribution in [0.1, 0.15) is 75.6 Å². The monoisotopic (exact) mass is 723 g/mol. The van der Waals surface area contributed by atoms with E-state index in [0.29, 0.717) is 11.8 Å². The zero-order valence-electron chi connectivity index (χ0n) is 33.3. The van der Waals surface area contributed by atoms with Gasteiger partial charge in [-0.3, -0.25) is 0 Å². The zero-order valence-corrected chi connectivity index (χ0v) is 33.3. The Kier molecular flexibility index (Phi) is 8.98. The molecule has 0 atom stereocenters. The van der Waals surface area contributed by atoms with E-state index in [1.54, 1.807) is 0 Å². The third-order valence-electron chi connectivity index (χ3n) is 12.0. The van der Waals surface area contributed by atoms with Gasteiger partial charge in [-0.2, -0.15) is 0 Å². The second-order valence-corrected chi connectivity index (χ2v) is 16.5. The number of benzene rings is 8. The van der Waals surface area contributed by atoms with Crippen LogP contribution in [0.25, 0.3) is 55.3 Å². The molecule has 0 saturated carbocycles. The molecule has 0 aromatic heterocycles. The van der Waals surface area contributed by atoms with Gasteiger partial charge < -0.3 is 4.90 Å². The number of hydrogen-bond acceptors (Lipinski definition) is 1.